The number of carbonyl (C=O) groups excluding carboxylic acids is 1. The lowest BCUT2D eigenvalue weighted by Gasteiger charge is -1.98. The smallest absolute Gasteiger partial charge is 0.272 e. The molecule has 1 amide bonds. The van der Waals surface area contributed by atoms with Crippen LogP contribution in [-0.2, 0) is 0 Å². The Morgan fingerprint density at radius 2 is 2.04 bits per heavy atom. The van der Waals surface area contributed by atoms with Crippen molar-refractivity contribution >= 4 is 39.7 Å². The summed E-state index contributed by atoms with van der Waals surface area (Å²) >= 11 is 9.51. The summed E-state index contributed by atoms with van der Waals surface area (Å²) in [6.45, 7) is 0. The van der Waals surface area contributed by atoms with Crippen molar-refractivity contribution in [2.24, 2.45) is 5.10 Å². The van der Waals surface area contributed by atoms with Crippen LogP contribution in [0.4, 0.5) is 0 Å². The Kier molecular flexibility index (Phi) is 5.08. The fourth-order valence-electron chi connectivity index (χ4n) is 2.06. The van der Waals surface area contributed by atoms with Crippen LogP contribution in [0.15, 0.2) is 64.2 Å². The Balaban J connectivity index is 1.69. The van der Waals surface area contributed by atoms with Gasteiger partial charge in [0.15, 0.2) is 0 Å². The van der Waals surface area contributed by atoms with Gasteiger partial charge in [-0.1, -0.05) is 57.9 Å². The van der Waals surface area contributed by atoms with Crippen LogP contribution in [0.2, 0.25) is 5.02 Å². The molecule has 0 bridgehead atoms. The minimum Gasteiger partial charge on any atom is -0.272 e. The molecule has 0 unspecified atom stereocenters. The zero-order valence-electron chi connectivity index (χ0n) is 12.3. The molecule has 2 N–H and O–H groups in total. The predicted octanol–water partition coefficient (Wildman–Crippen LogP) is 4.26. The number of amides is 1. The van der Waals surface area contributed by atoms with Crippen LogP contribution in [0.25, 0.3) is 11.3 Å². The highest BCUT2D eigenvalue weighted by Crippen LogP contribution is 2.26. The van der Waals surface area contributed by atoms with Crippen molar-refractivity contribution in [3.63, 3.8) is 0 Å². The number of aromatic amines is 1. The molecule has 0 radical (unpaired) electrons. The number of hydrazone groups is 1. The summed E-state index contributed by atoms with van der Waals surface area (Å²) in [6, 6.07) is 16.5. The van der Waals surface area contributed by atoms with Crippen LogP contribution in [-0.4, -0.2) is 22.3 Å². The van der Waals surface area contributed by atoms with E-state index in [2.05, 4.69) is 36.7 Å². The van der Waals surface area contributed by atoms with Gasteiger partial charge in [-0.15, -0.1) is 0 Å². The van der Waals surface area contributed by atoms with E-state index >= 15 is 0 Å². The second kappa shape index (κ2) is 7.42. The van der Waals surface area contributed by atoms with Crippen molar-refractivity contribution in [1.82, 2.24) is 15.6 Å². The number of hydrogen-bond donors (Lipinski definition) is 2. The average molecular weight is 404 g/mol. The van der Waals surface area contributed by atoms with Crippen molar-refractivity contribution < 1.29 is 4.79 Å². The van der Waals surface area contributed by atoms with Crippen LogP contribution in [0, 0.1) is 0 Å². The van der Waals surface area contributed by atoms with Crippen LogP contribution in [0.5, 0.6) is 0 Å². The van der Waals surface area contributed by atoms with Crippen molar-refractivity contribution in [3.8, 4) is 11.3 Å². The maximum absolute atomic E-state index is 12.1. The Labute approximate surface area is 151 Å². The number of H-pyrrole nitrogens is 1. The number of halogens is 2. The number of carbonyl (C=O) groups is 1. The maximum Gasteiger partial charge on any atom is 0.289 e. The first-order valence-electron chi connectivity index (χ1n) is 7.03. The van der Waals surface area contributed by atoms with E-state index in [9.17, 15) is 4.79 Å². The number of rotatable bonds is 4. The molecule has 0 aliphatic rings. The number of nitrogens with zero attached hydrogens (tertiary/aromatic N) is 2. The lowest BCUT2D eigenvalue weighted by atomic mass is 10.1. The summed E-state index contributed by atoms with van der Waals surface area (Å²) < 4.78 is 0.940. The average Bonchev–Trinajstić information content (AvgIpc) is 3.05. The van der Waals surface area contributed by atoms with Gasteiger partial charge in [-0.2, -0.15) is 10.2 Å². The van der Waals surface area contributed by atoms with Gasteiger partial charge in [0.05, 0.1) is 16.9 Å². The molecule has 0 saturated heterocycles. The van der Waals surface area contributed by atoms with Crippen LogP contribution < -0.4 is 5.43 Å². The highest BCUT2D eigenvalue weighted by atomic mass is 79.9. The topological polar surface area (TPSA) is 70.1 Å². The first-order chi connectivity index (χ1) is 11.6. The predicted molar refractivity (Wildman–Crippen MR) is 98.2 cm³/mol. The second-order valence-electron chi connectivity index (χ2n) is 4.90. The summed E-state index contributed by atoms with van der Waals surface area (Å²) in [5.74, 6) is -0.382. The van der Waals surface area contributed by atoms with Crippen molar-refractivity contribution in [2.75, 3.05) is 0 Å². The molecule has 7 heteroatoms. The van der Waals surface area contributed by atoms with Gasteiger partial charge in [-0.25, -0.2) is 5.43 Å². The molecule has 3 rings (SSSR count). The zero-order chi connectivity index (χ0) is 16.9. The van der Waals surface area contributed by atoms with Gasteiger partial charge >= 0.3 is 0 Å². The standard InChI is InChI=1S/C17H12BrClN4O/c18-12-5-3-4-11(8-12)10-20-23-17(24)16-9-15(21-22-16)13-6-1-2-7-14(13)19/h1-10H,(H,21,22)(H,23,24)/b20-10-. The van der Waals surface area contributed by atoms with Gasteiger partial charge in [0.1, 0.15) is 5.69 Å². The van der Waals surface area contributed by atoms with Gasteiger partial charge in [-0.05, 0) is 29.8 Å². The van der Waals surface area contributed by atoms with Crippen molar-refractivity contribution in [3.05, 3.63) is 75.4 Å². The SMILES string of the molecule is O=C(N/N=C\c1cccc(Br)c1)c1cc(-c2ccccc2Cl)n[nH]1. The lowest BCUT2D eigenvalue weighted by molar-refractivity contribution is 0.0950. The third-order valence-electron chi connectivity index (χ3n) is 3.20. The van der Waals surface area contributed by atoms with Gasteiger partial charge in [0.2, 0.25) is 0 Å². The van der Waals surface area contributed by atoms with Gasteiger partial charge in [0.25, 0.3) is 5.91 Å². The fourth-order valence-corrected chi connectivity index (χ4v) is 2.71. The van der Waals surface area contributed by atoms with E-state index in [1.807, 2.05) is 42.5 Å². The molecule has 0 aliphatic carbocycles. The molecule has 0 aliphatic heterocycles. The summed E-state index contributed by atoms with van der Waals surface area (Å²) in [6.07, 6.45) is 1.56. The molecule has 5 nitrogen and oxygen atoms in total. The maximum atomic E-state index is 12.1. The van der Waals surface area contributed by atoms with Gasteiger partial charge < -0.3 is 0 Å². The molecule has 24 heavy (non-hydrogen) atoms. The first-order valence-corrected chi connectivity index (χ1v) is 8.20. The highest BCUT2D eigenvalue weighted by molar-refractivity contribution is 9.10. The number of aromatic nitrogens is 2. The molecule has 1 heterocycles. The van der Waals surface area contributed by atoms with E-state index in [0.29, 0.717) is 16.4 Å². The molecular weight excluding hydrogens is 392 g/mol. The van der Waals surface area contributed by atoms with E-state index in [4.69, 9.17) is 11.6 Å². The first kappa shape index (κ1) is 16.4. The molecule has 3 aromatic rings. The fraction of sp³-hybridized carbons (Fsp3) is 0. The molecule has 0 fully saturated rings. The van der Waals surface area contributed by atoms with Crippen LogP contribution >= 0.6 is 27.5 Å². The number of hydrogen-bond acceptors (Lipinski definition) is 3. The normalized spacial score (nSPS) is 10.9. The second-order valence-corrected chi connectivity index (χ2v) is 6.22. The number of nitrogens with one attached hydrogen (secondary N) is 2. The summed E-state index contributed by atoms with van der Waals surface area (Å²) in [5, 5.41) is 11.3. The minimum atomic E-state index is -0.382. The van der Waals surface area contributed by atoms with Crippen molar-refractivity contribution in [1.29, 1.82) is 0 Å². The quantitative estimate of drug-likeness (QED) is 0.505. The molecule has 1 aromatic heterocycles. The molecular formula is C17H12BrClN4O. The Bertz CT molecular complexity index is 907. The van der Waals surface area contributed by atoms with Crippen LogP contribution in [0.3, 0.4) is 0 Å². The number of benzene rings is 2. The lowest BCUT2D eigenvalue weighted by Crippen LogP contribution is -2.17. The van der Waals surface area contributed by atoms with E-state index in [-0.39, 0.29) is 5.91 Å². The summed E-state index contributed by atoms with van der Waals surface area (Å²) in [5.41, 5.74) is 4.98. The third-order valence-corrected chi connectivity index (χ3v) is 4.02. The molecule has 120 valence electrons. The summed E-state index contributed by atoms with van der Waals surface area (Å²) in [4.78, 5) is 12.1. The third kappa shape index (κ3) is 3.90. The van der Waals surface area contributed by atoms with E-state index in [1.165, 1.54) is 0 Å². The Morgan fingerprint density at radius 1 is 1.21 bits per heavy atom. The van der Waals surface area contributed by atoms with Crippen molar-refractivity contribution in [2.45, 2.75) is 0 Å². The molecule has 2 aromatic carbocycles. The van der Waals surface area contributed by atoms with E-state index < -0.39 is 0 Å². The van der Waals surface area contributed by atoms with E-state index in [1.54, 1.807) is 18.3 Å². The summed E-state index contributed by atoms with van der Waals surface area (Å²) in [7, 11) is 0. The highest BCUT2D eigenvalue weighted by Gasteiger charge is 2.12. The largest absolute Gasteiger partial charge is 0.289 e. The molecule has 0 saturated carbocycles. The van der Waals surface area contributed by atoms with Crippen LogP contribution in [0.1, 0.15) is 16.1 Å². The Hall–Kier alpha value is -2.44. The van der Waals surface area contributed by atoms with Gasteiger partial charge in [-0.3, -0.25) is 9.89 Å². The van der Waals surface area contributed by atoms with E-state index in [0.717, 1.165) is 15.6 Å². The minimum absolute atomic E-state index is 0.302. The monoisotopic (exact) mass is 402 g/mol. The molecule has 0 atom stereocenters. The Morgan fingerprint density at radius 3 is 2.83 bits per heavy atom. The zero-order valence-corrected chi connectivity index (χ0v) is 14.7. The molecule has 0 spiro atoms. The van der Waals surface area contributed by atoms with Gasteiger partial charge in [0, 0.05) is 10.0 Å².